The van der Waals surface area contributed by atoms with Crippen LogP contribution in [0.2, 0.25) is 5.02 Å². The molecule has 0 fully saturated rings. The summed E-state index contributed by atoms with van der Waals surface area (Å²) in [6, 6.07) is 22.7. The number of benzene rings is 3. The zero-order valence-electron chi connectivity index (χ0n) is 14.6. The van der Waals surface area contributed by atoms with E-state index in [0.29, 0.717) is 9.92 Å². The Bertz CT molecular complexity index is 1270. The van der Waals surface area contributed by atoms with Gasteiger partial charge in [0.15, 0.2) is 9.84 Å². The monoisotopic (exact) mass is 393 g/mol. The molecule has 0 unspecified atom stereocenters. The van der Waals surface area contributed by atoms with Crippen LogP contribution in [0.5, 0.6) is 0 Å². The Balaban J connectivity index is 1.87. The van der Waals surface area contributed by atoms with Gasteiger partial charge in [-0.05, 0) is 52.6 Å². The van der Waals surface area contributed by atoms with Crippen LogP contribution in [0.1, 0.15) is 0 Å². The molecule has 0 aliphatic heterocycles. The van der Waals surface area contributed by atoms with E-state index in [2.05, 4.69) is 11.1 Å². The van der Waals surface area contributed by atoms with Gasteiger partial charge in [-0.1, -0.05) is 54.1 Å². The Hall–Kier alpha value is -2.69. The quantitative estimate of drug-likeness (QED) is 0.453. The van der Waals surface area contributed by atoms with E-state index in [-0.39, 0.29) is 0 Å². The standard InChI is InChI=1S/C22H16ClNO2S/c1-27(25,26)18-8-3-6-16(14-18)15-5-2-7-17(13-15)19-11-12-24-22-20(19)9-4-10-21(22)23/h2-14H,1H3. The topological polar surface area (TPSA) is 47.0 Å². The molecule has 0 N–H and O–H groups in total. The minimum Gasteiger partial charge on any atom is -0.255 e. The maximum absolute atomic E-state index is 11.9. The van der Waals surface area contributed by atoms with Crippen LogP contribution in [0.15, 0.2) is 83.9 Å². The van der Waals surface area contributed by atoms with E-state index in [0.717, 1.165) is 33.2 Å². The van der Waals surface area contributed by atoms with E-state index in [1.165, 1.54) is 6.26 Å². The number of hydrogen-bond donors (Lipinski definition) is 0. The van der Waals surface area contributed by atoms with Crippen molar-refractivity contribution in [2.75, 3.05) is 6.26 Å². The lowest BCUT2D eigenvalue weighted by Crippen LogP contribution is -1.96. The van der Waals surface area contributed by atoms with Gasteiger partial charge in [-0.3, -0.25) is 4.98 Å². The van der Waals surface area contributed by atoms with Crippen molar-refractivity contribution < 1.29 is 8.42 Å². The number of hydrogen-bond acceptors (Lipinski definition) is 3. The predicted octanol–water partition coefficient (Wildman–Crippen LogP) is 5.63. The minimum absolute atomic E-state index is 0.312. The molecule has 0 aliphatic rings. The van der Waals surface area contributed by atoms with E-state index in [1.54, 1.807) is 24.4 Å². The molecule has 0 saturated carbocycles. The Morgan fingerprint density at radius 3 is 2.26 bits per heavy atom. The molecule has 0 saturated heterocycles. The third-order valence-electron chi connectivity index (χ3n) is 4.49. The SMILES string of the molecule is CS(=O)(=O)c1cccc(-c2cccc(-c3ccnc4c(Cl)cccc34)c2)c1. The molecule has 4 rings (SSSR count). The molecular weight excluding hydrogens is 378 g/mol. The molecule has 5 heteroatoms. The number of aromatic nitrogens is 1. The Morgan fingerprint density at radius 2 is 1.48 bits per heavy atom. The van der Waals surface area contributed by atoms with Gasteiger partial charge in [0.25, 0.3) is 0 Å². The molecule has 0 bridgehead atoms. The molecule has 0 spiro atoms. The van der Waals surface area contributed by atoms with E-state index in [1.807, 2.05) is 48.5 Å². The van der Waals surface area contributed by atoms with E-state index < -0.39 is 9.84 Å². The summed E-state index contributed by atoms with van der Waals surface area (Å²) in [5.41, 5.74) is 4.62. The Kier molecular flexibility index (Phi) is 4.46. The van der Waals surface area contributed by atoms with Gasteiger partial charge in [0.05, 0.1) is 15.4 Å². The highest BCUT2D eigenvalue weighted by Crippen LogP contribution is 2.33. The molecule has 3 nitrogen and oxygen atoms in total. The predicted molar refractivity (Wildman–Crippen MR) is 111 cm³/mol. The fraction of sp³-hybridized carbons (Fsp3) is 0.0455. The summed E-state index contributed by atoms with van der Waals surface area (Å²) in [5.74, 6) is 0. The maximum atomic E-state index is 11.9. The van der Waals surface area contributed by atoms with Crippen LogP contribution >= 0.6 is 11.6 Å². The summed E-state index contributed by atoms with van der Waals surface area (Å²) in [7, 11) is -3.25. The average molecular weight is 394 g/mol. The molecule has 4 aromatic rings. The highest BCUT2D eigenvalue weighted by Gasteiger charge is 2.10. The van der Waals surface area contributed by atoms with E-state index in [4.69, 9.17) is 11.6 Å². The molecule has 0 atom stereocenters. The number of rotatable bonds is 3. The van der Waals surface area contributed by atoms with Gasteiger partial charge in [-0.25, -0.2) is 8.42 Å². The van der Waals surface area contributed by atoms with Crippen molar-refractivity contribution in [3.8, 4) is 22.3 Å². The van der Waals surface area contributed by atoms with Crippen LogP contribution < -0.4 is 0 Å². The van der Waals surface area contributed by atoms with Crippen molar-refractivity contribution in [2.24, 2.45) is 0 Å². The van der Waals surface area contributed by atoms with Crippen LogP contribution in [0.3, 0.4) is 0 Å². The number of fused-ring (bicyclic) bond motifs is 1. The molecule has 3 aromatic carbocycles. The van der Waals surface area contributed by atoms with Crippen LogP contribution in [0.25, 0.3) is 33.2 Å². The lowest BCUT2D eigenvalue weighted by Gasteiger charge is -2.10. The molecule has 0 amide bonds. The van der Waals surface area contributed by atoms with Gasteiger partial charge in [0, 0.05) is 17.8 Å². The first-order valence-electron chi connectivity index (χ1n) is 8.38. The van der Waals surface area contributed by atoms with Crippen LogP contribution in [0, 0.1) is 0 Å². The third-order valence-corrected chi connectivity index (χ3v) is 5.91. The van der Waals surface area contributed by atoms with Gasteiger partial charge >= 0.3 is 0 Å². The van der Waals surface area contributed by atoms with Crippen LogP contribution in [0.4, 0.5) is 0 Å². The summed E-state index contributed by atoms with van der Waals surface area (Å²) in [6.07, 6.45) is 2.97. The fourth-order valence-corrected chi connectivity index (χ4v) is 4.05. The summed E-state index contributed by atoms with van der Waals surface area (Å²) in [4.78, 5) is 4.70. The molecule has 134 valence electrons. The largest absolute Gasteiger partial charge is 0.255 e. The van der Waals surface area contributed by atoms with Gasteiger partial charge in [0.1, 0.15) is 0 Å². The van der Waals surface area contributed by atoms with Crippen molar-refractivity contribution in [1.29, 1.82) is 0 Å². The van der Waals surface area contributed by atoms with Crippen molar-refractivity contribution in [2.45, 2.75) is 4.90 Å². The molecule has 27 heavy (non-hydrogen) atoms. The second kappa shape index (κ2) is 6.80. The second-order valence-corrected chi connectivity index (χ2v) is 8.80. The van der Waals surface area contributed by atoms with Gasteiger partial charge in [-0.2, -0.15) is 0 Å². The fourth-order valence-electron chi connectivity index (χ4n) is 3.16. The Labute approximate surface area is 163 Å². The highest BCUT2D eigenvalue weighted by molar-refractivity contribution is 7.90. The van der Waals surface area contributed by atoms with Gasteiger partial charge in [0.2, 0.25) is 0 Å². The maximum Gasteiger partial charge on any atom is 0.175 e. The zero-order valence-corrected chi connectivity index (χ0v) is 16.1. The van der Waals surface area contributed by atoms with Gasteiger partial charge in [-0.15, -0.1) is 0 Å². The third kappa shape index (κ3) is 3.46. The summed E-state index contributed by atoms with van der Waals surface area (Å²) < 4.78 is 23.7. The van der Waals surface area contributed by atoms with Crippen LogP contribution in [-0.2, 0) is 9.84 Å². The number of nitrogens with zero attached hydrogens (tertiary/aromatic N) is 1. The molecule has 0 aliphatic carbocycles. The average Bonchev–Trinajstić information content (AvgIpc) is 2.67. The number of halogens is 1. The number of pyridine rings is 1. The molecular formula is C22H16ClNO2S. The van der Waals surface area contributed by atoms with Crippen molar-refractivity contribution in [1.82, 2.24) is 4.98 Å². The highest BCUT2D eigenvalue weighted by atomic mass is 35.5. The lowest BCUT2D eigenvalue weighted by molar-refractivity contribution is 0.602. The van der Waals surface area contributed by atoms with E-state index in [9.17, 15) is 8.42 Å². The first-order valence-corrected chi connectivity index (χ1v) is 10.6. The zero-order chi connectivity index (χ0) is 19.0. The normalized spacial score (nSPS) is 11.6. The molecule has 0 radical (unpaired) electrons. The smallest absolute Gasteiger partial charge is 0.175 e. The first kappa shape index (κ1) is 17.7. The number of para-hydroxylation sites is 1. The first-order chi connectivity index (χ1) is 12.9. The second-order valence-electron chi connectivity index (χ2n) is 6.38. The summed E-state index contributed by atoms with van der Waals surface area (Å²) in [6.45, 7) is 0. The Morgan fingerprint density at radius 1 is 0.815 bits per heavy atom. The minimum atomic E-state index is -3.25. The van der Waals surface area contributed by atoms with Gasteiger partial charge < -0.3 is 0 Å². The van der Waals surface area contributed by atoms with Crippen molar-refractivity contribution >= 4 is 32.3 Å². The lowest BCUT2D eigenvalue weighted by atomic mass is 9.97. The molecule has 1 aromatic heterocycles. The van der Waals surface area contributed by atoms with E-state index >= 15 is 0 Å². The molecule has 1 heterocycles. The number of sulfone groups is 1. The summed E-state index contributed by atoms with van der Waals surface area (Å²) in [5, 5.41) is 1.60. The van der Waals surface area contributed by atoms with Crippen LogP contribution in [-0.4, -0.2) is 19.7 Å². The summed E-state index contributed by atoms with van der Waals surface area (Å²) >= 11 is 6.28. The van der Waals surface area contributed by atoms with Crippen molar-refractivity contribution in [3.63, 3.8) is 0 Å². The van der Waals surface area contributed by atoms with Crippen molar-refractivity contribution in [3.05, 3.63) is 84.0 Å².